The molecule has 0 bridgehead atoms. The smallest absolute Gasteiger partial charge is 0.328 e. The fourth-order valence-electron chi connectivity index (χ4n) is 1.28. The summed E-state index contributed by atoms with van der Waals surface area (Å²) < 4.78 is 13.9. The highest BCUT2D eigenvalue weighted by molar-refractivity contribution is 9.10. The molecule has 18 heavy (non-hydrogen) atoms. The largest absolute Gasteiger partial charge is 0.480 e. The van der Waals surface area contributed by atoms with Gasteiger partial charge < -0.3 is 15.5 Å². The van der Waals surface area contributed by atoms with Crippen LogP contribution in [0.4, 0.5) is 4.39 Å². The summed E-state index contributed by atoms with van der Waals surface area (Å²) in [6, 6.07) is 2.28. The molecular weight excluding hydrogens is 309 g/mol. The lowest BCUT2D eigenvalue weighted by molar-refractivity contribution is -0.141. The van der Waals surface area contributed by atoms with Gasteiger partial charge in [-0.3, -0.25) is 4.79 Å². The van der Waals surface area contributed by atoms with Gasteiger partial charge in [0.25, 0.3) is 5.91 Å². The number of aliphatic hydroxyl groups is 1. The number of rotatable bonds is 4. The number of carboxylic acids is 1. The molecule has 1 aromatic rings. The van der Waals surface area contributed by atoms with E-state index in [-0.39, 0.29) is 5.56 Å². The van der Waals surface area contributed by atoms with Crippen LogP contribution >= 0.6 is 15.9 Å². The van der Waals surface area contributed by atoms with Gasteiger partial charge in [-0.25, -0.2) is 9.18 Å². The Labute approximate surface area is 111 Å². The van der Waals surface area contributed by atoms with Crippen LogP contribution in [0.25, 0.3) is 0 Å². The number of carbonyl (C=O) groups is 2. The molecule has 0 aliphatic carbocycles. The molecule has 98 valence electrons. The van der Waals surface area contributed by atoms with Crippen molar-refractivity contribution in [3.8, 4) is 0 Å². The monoisotopic (exact) mass is 319 g/mol. The Kier molecular flexibility index (Phi) is 4.80. The first-order chi connectivity index (χ1) is 8.32. The summed E-state index contributed by atoms with van der Waals surface area (Å²) in [6.07, 6.45) is -1.29. The van der Waals surface area contributed by atoms with E-state index in [0.29, 0.717) is 4.47 Å². The third-order valence-electron chi connectivity index (χ3n) is 2.21. The van der Waals surface area contributed by atoms with E-state index in [9.17, 15) is 19.1 Å². The minimum atomic E-state index is -1.49. The molecule has 0 saturated heterocycles. The maximum absolute atomic E-state index is 13.5. The maximum atomic E-state index is 13.5. The number of aliphatic carboxylic acids is 1. The molecule has 2 atom stereocenters. The zero-order valence-electron chi connectivity index (χ0n) is 9.35. The van der Waals surface area contributed by atoms with Crippen molar-refractivity contribution < 1.29 is 24.2 Å². The highest BCUT2D eigenvalue weighted by atomic mass is 79.9. The number of benzene rings is 1. The fraction of sp³-hybridized carbons (Fsp3) is 0.273. The van der Waals surface area contributed by atoms with E-state index < -0.39 is 29.8 Å². The molecule has 0 aliphatic rings. The van der Waals surface area contributed by atoms with Gasteiger partial charge in [-0.1, -0.05) is 15.9 Å². The molecule has 1 aromatic carbocycles. The molecular formula is C11H11BrFNO4. The Morgan fingerprint density at radius 3 is 2.50 bits per heavy atom. The van der Waals surface area contributed by atoms with E-state index in [1.54, 1.807) is 0 Å². The van der Waals surface area contributed by atoms with Crippen LogP contribution in [0, 0.1) is 5.82 Å². The van der Waals surface area contributed by atoms with Crippen LogP contribution in [-0.4, -0.2) is 34.2 Å². The number of hydrogen-bond acceptors (Lipinski definition) is 3. The summed E-state index contributed by atoms with van der Waals surface area (Å²) in [5.74, 6) is -3.07. The van der Waals surface area contributed by atoms with Gasteiger partial charge in [0.15, 0.2) is 6.04 Å². The van der Waals surface area contributed by atoms with Crippen LogP contribution in [0.5, 0.6) is 0 Å². The summed E-state index contributed by atoms with van der Waals surface area (Å²) in [5.41, 5.74) is -0.287. The van der Waals surface area contributed by atoms with Gasteiger partial charge in [0.05, 0.1) is 11.7 Å². The first-order valence-corrected chi connectivity index (χ1v) is 5.79. The van der Waals surface area contributed by atoms with Crippen molar-refractivity contribution in [1.82, 2.24) is 5.32 Å². The van der Waals surface area contributed by atoms with Crippen molar-refractivity contribution in [1.29, 1.82) is 0 Å². The molecule has 1 amide bonds. The van der Waals surface area contributed by atoms with Crippen LogP contribution < -0.4 is 5.32 Å². The zero-order valence-corrected chi connectivity index (χ0v) is 10.9. The summed E-state index contributed by atoms with van der Waals surface area (Å²) in [5, 5.41) is 20.0. The van der Waals surface area contributed by atoms with Crippen molar-refractivity contribution in [2.45, 2.75) is 19.1 Å². The van der Waals surface area contributed by atoms with Crippen molar-refractivity contribution in [2.24, 2.45) is 0 Å². The minimum Gasteiger partial charge on any atom is -0.480 e. The van der Waals surface area contributed by atoms with Crippen molar-refractivity contribution in [2.75, 3.05) is 0 Å². The zero-order chi connectivity index (χ0) is 13.9. The van der Waals surface area contributed by atoms with Crippen LogP contribution in [-0.2, 0) is 4.79 Å². The first-order valence-electron chi connectivity index (χ1n) is 4.99. The third kappa shape index (κ3) is 3.51. The molecule has 7 heteroatoms. The quantitative estimate of drug-likeness (QED) is 0.777. The number of amides is 1. The molecule has 0 saturated carbocycles. The van der Waals surface area contributed by atoms with Gasteiger partial charge in [-0.15, -0.1) is 0 Å². The predicted octanol–water partition coefficient (Wildman–Crippen LogP) is 1.15. The molecule has 0 aromatic heterocycles. The van der Waals surface area contributed by atoms with E-state index in [1.807, 2.05) is 5.32 Å². The second-order valence-electron chi connectivity index (χ2n) is 3.65. The molecule has 1 rings (SSSR count). The van der Waals surface area contributed by atoms with Crippen LogP contribution in [0.1, 0.15) is 17.3 Å². The number of hydrogen-bond donors (Lipinski definition) is 3. The van der Waals surface area contributed by atoms with E-state index >= 15 is 0 Å². The molecule has 0 heterocycles. The van der Waals surface area contributed by atoms with Crippen LogP contribution in [0.3, 0.4) is 0 Å². The number of carboxylic acid groups (broad SMARTS) is 1. The predicted molar refractivity (Wildman–Crippen MR) is 64.7 cm³/mol. The molecule has 3 N–H and O–H groups in total. The van der Waals surface area contributed by atoms with Gasteiger partial charge in [-0.2, -0.15) is 0 Å². The summed E-state index contributed by atoms with van der Waals surface area (Å²) in [7, 11) is 0. The summed E-state index contributed by atoms with van der Waals surface area (Å²) in [6.45, 7) is 1.22. The minimum absolute atomic E-state index is 0.287. The van der Waals surface area contributed by atoms with Gasteiger partial charge in [0.2, 0.25) is 0 Å². The molecule has 0 radical (unpaired) electrons. The average molecular weight is 320 g/mol. The Bertz CT molecular complexity index is 478. The fourth-order valence-corrected chi connectivity index (χ4v) is 1.61. The van der Waals surface area contributed by atoms with E-state index in [0.717, 1.165) is 6.07 Å². The second-order valence-corrected chi connectivity index (χ2v) is 4.57. The standard InChI is InChI=1S/C11H11BrFNO4/c1-5(15)9(11(17)18)14-10(16)7-3-2-6(12)4-8(7)13/h2-5,9,15H,1H3,(H,14,16)(H,17,18)/t5-,9+/m1/s1. The topological polar surface area (TPSA) is 86.6 Å². The lowest BCUT2D eigenvalue weighted by Crippen LogP contribution is -2.47. The van der Waals surface area contributed by atoms with Gasteiger partial charge in [0, 0.05) is 4.47 Å². The first kappa shape index (κ1) is 14.6. The van der Waals surface area contributed by atoms with Crippen molar-refractivity contribution in [3.05, 3.63) is 34.1 Å². The van der Waals surface area contributed by atoms with Crippen LogP contribution in [0.2, 0.25) is 0 Å². The lowest BCUT2D eigenvalue weighted by Gasteiger charge is -2.17. The molecule has 0 spiro atoms. The van der Waals surface area contributed by atoms with Crippen molar-refractivity contribution in [3.63, 3.8) is 0 Å². The second kappa shape index (κ2) is 5.92. The maximum Gasteiger partial charge on any atom is 0.328 e. The van der Waals surface area contributed by atoms with Gasteiger partial charge in [-0.05, 0) is 25.1 Å². The van der Waals surface area contributed by atoms with Gasteiger partial charge in [0.1, 0.15) is 5.82 Å². The number of carbonyl (C=O) groups excluding carboxylic acids is 1. The molecule has 0 unspecified atom stereocenters. The number of aliphatic hydroxyl groups excluding tert-OH is 1. The normalized spacial score (nSPS) is 13.8. The Balaban J connectivity index is 2.91. The van der Waals surface area contributed by atoms with E-state index in [2.05, 4.69) is 15.9 Å². The van der Waals surface area contributed by atoms with Gasteiger partial charge >= 0.3 is 5.97 Å². The molecule has 5 nitrogen and oxygen atoms in total. The third-order valence-corrected chi connectivity index (χ3v) is 2.70. The van der Waals surface area contributed by atoms with E-state index in [1.165, 1.54) is 19.1 Å². The molecule has 0 aliphatic heterocycles. The Morgan fingerprint density at radius 2 is 2.06 bits per heavy atom. The highest BCUT2D eigenvalue weighted by Crippen LogP contribution is 2.15. The summed E-state index contributed by atoms with van der Waals surface area (Å²) in [4.78, 5) is 22.4. The van der Waals surface area contributed by atoms with Crippen molar-refractivity contribution >= 4 is 27.8 Å². The number of halogens is 2. The van der Waals surface area contributed by atoms with E-state index in [4.69, 9.17) is 5.11 Å². The number of nitrogens with one attached hydrogen (secondary N) is 1. The summed E-state index contributed by atoms with van der Waals surface area (Å²) >= 11 is 3.04. The lowest BCUT2D eigenvalue weighted by atomic mass is 10.1. The Morgan fingerprint density at radius 1 is 1.44 bits per heavy atom. The highest BCUT2D eigenvalue weighted by Gasteiger charge is 2.26. The Hall–Kier alpha value is -1.47. The molecule has 0 fully saturated rings. The van der Waals surface area contributed by atoms with Crippen LogP contribution in [0.15, 0.2) is 22.7 Å². The SMILES string of the molecule is C[C@@H](O)[C@H](NC(=O)c1ccc(Br)cc1F)C(=O)O. The average Bonchev–Trinajstić information content (AvgIpc) is 2.24.